The van der Waals surface area contributed by atoms with Gasteiger partial charge in [0.05, 0.1) is 6.07 Å². The first-order valence-corrected chi connectivity index (χ1v) is 7.50. The molecule has 0 saturated heterocycles. The van der Waals surface area contributed by atoms with E-state index in [2.05, 4.69) is 22.6 Å². The molecule has 0 heterocycles. The molecule has 0 amide bonds. The van der Waals surface area contributed by atoms with Crippen LogP contribution in [0.4, 0.5) is 0 Å². The van der Waals surface area contributed by atoms with Gasteiger partial charge in [0.1, 0.15) is 5.92 Å². The molecule has 2 nitrogen and oxygen atoms in total. The SMILES string of the molecule is N#CC(C(=O)c1ccc(I)cc1)c1ccc(Cl)cc1Cl. The Kier molecular flexibility index (Phi) is 5.03. The Labute approximate surface area is 140 Å². The van der Waals surface area contributed by atoms with Crippen molar-refractivity contribution >= 4 is 51.6 Å². The van der Waals surface area contributed by atoms with Gasteiger partial charge in [-0.1, -0.05) is 41.4 Å². The minimum absolute atomic E-state index is 0.270. The van der Waals surface area contributed by atoms with Crippen molar-refractivity contribution < 1.29 is 4.79 Å². The van der Waals surface area contributed by atoms with Crippen LogP contribution in [0.1, 0.15) is 21.8 Å². The molecule has 1 atom stereocenters. The molecular formula is C15H8Cl2INO. The number of hydrogen-bond acceptors (Lipinski definition) is 2. The number of rotatable bonds is 3. The normalized spacial score (nSPS) is 11.7. The maximum atomic E-state index is 12.4. The zero-order chi connectivity index (χ0) is 14.7. The van der Waals surface area contributed by atoms with E-state index in [1.165, 1.54) is 6.07 Å². The molecule has 0 aromatic heterocycles. The Balaban J connectivity index is 2.40. The Morgan fingerprint density at radius 2 is 1.80 bits per heavy atom. The third-order valence-corrected chi connectivity index (χ3v) is 4.08. The lowest BCUT2D eigenvalue weighted by Gasteiger charge is -2.11. The highest BCUT2D eigenvalue weighted by Gasteiger charge is 2.24. The monoisotopic (exact) mass is 415 g/mol. The van der Waals surface area contributed by atoms with Crippen LogP contribution in [-0.2, 0) is 0 Å². The second kappa shape index (κ2) is 6.57. The molecule has 0 radical (unpaired) electrons. The highest BCUT2D eigenvalue weighted by molar-refractivity contribution is 14.1. The summed E-state index contributed by atoms with van der Waals surface area (Å²) < 4.78 is 1.03. The Morgan fingerprint density at radius 1 is 1.15 bits per heavy atom. The van der Waals surface area contributed by atoms with Crippen LogP contribution in [0.25, 0.3) is 0 Å². The van der Waals surface area contributed by atoms with Crippen molar-refractivity contribution in [2.24, 2.45) is 0 Å². The van der Waals surface area contributed by atoms with Crippen LogP contribution in [-0.4, -0.2) is 5.78 Å². The Hall–Kier alpha value is -1.09. The van der Waals surface area contributed by atoms with E-state index >= 15 is 0 Å². The predicted octanol–water partition coefficient (Wildman–Crippen LogP) is 5.09. The lowest BCUT2D eigenvalue weighted by Crippen LogP contribution is -2.11. The van der Waals surface area contributed by atoms with Crippen LogP contribution in [0.15, 0.2) is 42.5 Å². The van der Waals surface area contributed by atoms with E-state index in [1.807, 2.05) is 18.2 Å². The number of nitrogens with zero attached hydrogens (tertiary/aromatic N) is 1. The maximum absolute atomic E-state index is 12.4. The molecule has 2 rings (SSSR count). The van der Waals surface area contributed by atoms with E-state index in [-0.39, 0.29) is 5.78 Å². The molecule has 2 aromatic rings. The summed E-state index contributed by atoms with van der Waals surface area (Å²) in [5.74, 6) is -1.20. The average molecular weight is 416 g/mol. The molecule has 1 unspecified atom stereocenters. The van der Waals surface area contributed by atoms with Gasteiger partial charge in [0.25, 0.3) is 0 Å². The van der Waals surface area contributed by atoms with Gasteiger partial charge in [-0.25, -0.2) is 0 Å². The van der Waals surface area contributed by atoms with Gasteiger partial charge in [0, 0.05) is 19.2 Å². The minimum atomic E-state index is -0.931. The third kappa shape index (κ3) is 3.32. The van der Waals surface area contributed by atoms with Crippen molar-refractivity contribution in [1.29, 1.82) is 5.26 Å². The number of carbonyl (C=O) groups is 1. The molecule has 0 spiro atoms. The van der Waals surface area contributed by atoms with E-state index in [4.69, 9.17) is 23.2 Å². The van der Waals surface area contributed by atoms with Crippen LogP contribution >= 0.6 is 45.8 Å². The number of nitriles is 1. The number of hydrogen-bond donors (Lipinski definition) is 0. The average Bonchev–Trinajstić information content (AvgIpc) is 2.42. The summed E-state index contributed by atoms with van der Waals surface area (Å²) >= 11 is 14.1. The quantitative estimate of drug-likeness (QED) is 0.517. The largest absolute Gasteiger partial charge is 0.292 e. The van der Waals surface area contributed by atoms with Gasteiger partial charge >= 0.3 is 0 Å². The second-order valence-electron chi connectivity index (χ2n) is 4.10. The highest BCUT2D eigenvalue weighted by atomic mass is 127. The molecule has 5 heteroatoms. The number of halogens is 3. The summed E-state index contributed by atoms with van der Waals surface area (Å²) in [6, 6.07) is 13.8. The molecular weight excluding hydrogens is 408 g/mol. The molecule has 0 aliphatic heterocycles. The van der Waals surface area contributed by atoms with Crippen molar-refractivity contribution in [2.45, 2.75) is 5.92 Å². The van der Waals surface area contributed by atoms with Crippen molar-refractivity contribution in [2.75, 3.05) is 0 Å². The van der Waals surface area contributed by atoms with Crippen molar-refractivity contribution in [1.82, 2.24) is 0 Å². The summed E-state index contributed by atoms with van der Waals surface area (Å²) in [5.41, 5.74) is 0.963. The summed E-state index contributed by atoms with van der Waals surface area (Å²) in [6.45, 7) is 0. The predicted molar refractivity (Wildman–Crippen MR) is 88.3 cm³/mol. The standard InChI is InChI=1S/C15H8Cl2INO/c16-10-3-6-12(14(17)7-10)13(8-19)15(20)9-1-4-11(18)5-2-9/h1-7,13H. The van der Waals surface area contributed by atoms with E-state index < -0.39 is 5.92 Å². The molecule has 0 bridgehead atoms. The number of ketones is 1. The molecule has 20 heavy (non-hydrogen) atoms. The first-order chi connectivity index (χ1) is 9.52. The molecule has 0 aliphatic rings. The molecule has 0 aliphatic carbocycles. The van der Waals surface area contributed by atoms with Crippen LogP contribution in [0, 0.1) is 14.9 Å². The van der Waals surface area contributed by atoms with Crippen LogP contribution < -0.4 is 0 Å². The fraction of sp³-hybridized carbons (Fsp3) is 0.0667. The van der Waals surface area contributed by atoms with Crippen LogP contribution in [0.3, 0.4) is 0 Å². The van der Waals surface area contributed by atoms with Crippen molar-refractivity contribution in [3.63, 3.8) is 0 Å². The summed E-state index contributed by atoms with van der Waals surface area (Å²) in [4.78, 5) is 12.4. The number of benzene rings is 2. The molecule has 100 valence electrons. The minimum Gasteiger partial charge on any atom is -0.292 e. The van der Waals surface area contributed by atoms with Gasteiger partial charge in [-0.15, -0.1) is 0 Å². The summed E-state index contributed by atoms with van der Waals surface area (Å²) in [7, 11) is 0. The van der Waals surface area contributed by atoms with Gasteiger partial charge in [0.15, 0.2) is 5.78 Å². The van der Waals surface area contributed by atoms with E-state index in [1.54, 1.807) is 24.3 Å². The summed E-state index contributed by atoms with van der Waals surface area (Å²) in [5, 5.41) is 10.1. The lowest BCUT2D eigenvalue weighted by molar-refractivity contribution is 0.0979. The van der Waals surface area contributed by atoms with E-state index in [0.717, 1.165) is 3.57 Å². The Morgan fingerprint density at radius 3 is 2.35 bits per heavy atom. The molecule has 0 saturated carbocycles. The number of carbonyl (C=O) groups excluding carboxylic acids is 1. The van der Waals surface area contributed by atoms with Crippen LogP contribution in [0.5, 0.6) is 0 Å². The second-order valence-corrected chi connectivity index (χ2v) is 6.19. The topological polar surface area (TPSA) is 40.9 Å². The van der Waals surface area contributed by atoms with Gasteiger partial charge in [0.2, 0.25) is 0 Å². The third-order valence-electron chi connectivity index (χ3n) is 2.79. The van der Waals surface area contributed by atoms with Gasteiger partial charge in [-0.05, 0) is 52.4 Å². The highest BCUT2D eigenvalue weighted by Crippen LogP contribution is 2.29. The molecule has 2 aromatic carbocycles. The first-order valence-electron chi connectivity index (χ1n) is 5.67. The summed E-state index contributed by atoms with van der Waals surface area (Å²) in [6.07, 6.45) is 0. The maximum Gasteiger partial charge on any atom is 0.184 e. The van der Waals surface area contributed by atoms with Gasteiger partial charge in [-0.2, -0.15) is 5.26 Å². The van der Waals surface area contributed by atoms with Gasteiger partial charge < -0.3 is 0 Å². The Bertz CT molecular complexity index is 692. The van der Waals surface area contributed by atoms with E-state index in [0.29, 0.717) is 21.2 Å². The van der Waals surface area contributed by atoms with E-state index in [9.17, 15) is 10.1 Å². The lowest BCUT2D eigenvalue weighted by atomic mass is 9.92. The van der Waals surface area contributed by atoms with Crippen molar-refractivity contribution in [3.8, 4) is 6.07 Å². The van der Waals surface area contributed by atoms with Crippen LogP contribution in [0.2, 0.25) is 10.0 Å². The zero-order valence-corrected chi connectivity index (χ0v) is 13.8. The fourth-order valence-corrected chi connectivity index (χ4v) is 2.66. The molecule has 0 fully saturated rings. The number of Topliss-reactive ketones (excluding diaryl/α,β-unsaturated/α-hetero) is 1. The molecule has 0 N–H and O–H groups in total. The fourth-order valence-electron chi connectivity index (χ4n) is 1.79. The first kappa shape index (κ1) is 15.3. The smallest absolute Gasteiger partial charge is 0.184 e. The van der Waals surface area contributed by atoms with Crippen molar-refractivity contribution in [3.05, 3.63) is 67.2 Å². The zero-order valence-electron chi connectivity index (χ0n) is 10.1. The van der Waals surface area contributed by atoms with Gasteiger partial charge in [-0.3, -0.25) is 4.79 Å².